The van der Waals surface area contributed by atoms with Gasteiger partial charge in [0.1, 0.15) is 5.75 Å². The van der Waals surface area contributed by atoms with Gasteiger partial charge in [0.05, 0.1) is 19.8 Å². The Labute approximate surface area is 202 Å². The topological polar surface area (TPSA) is 71.0 Å². The van der Waals surface area contributed by atoms with Gasteiger partial charge in [0, 0.05) is 37.5 Å². The van der Waals surface area contributed by atoms with Gasteiger partial charge in [-0.2, -0.15) is 0 Å². The van der Waals surface area contributed by atoms with Gasteiger partial charge in [0.25, 0.3) is 0 Å². The molecule has 2 N–H and O–H groups in total. The van der Waals surface area contributed by atoms with Crippen LogP contribution in [0.15, 0.2) is 47.6 Å². The van der Waals surface area contributed by atoms with E-state index in [0.29, 0.717) is 19.0 Å². The highest BCUT2D eigenvalue weighted by molar-refractivity contribution is 14.0. The van der Waals surface area contributed by atoms with Crippen molar-refractivity contribution < 1.29 is 9.47 Å². The Hall–Kier alpha value is -2.07. The van der Waals surface area contributed by atoms with E-state index < -0.39 is 0 Å². The van der Waals surface area contributed by atoms with Crippen molar-refractivity contribution in [1.82, 2.24) is 20.5 Å². The summed E-state index contributed by atoms with van der Waals surface area (Å²) in [6.07, 6.45) is 4.22. The predicted octanol–water partition coefficient (Wildman–Crippen LogP) is 3.61. The molecule has 170 valence electrons. The van der Waals surface area contributed by atoms with Crippen LogP contribution in [0.4, 0.5) is 0 Å². The number of pyridine rings is 1. The highest BCUT2D eigenvalue weighted by Gasteiger charge is 2.26. The van der Waals surface area contributed by atoms with E-state index in [9.17, 15) is 0 Å². The van der Waals surface area contributed by atoms with Crippen molar-refractivity contribution in [1.29, 1.82) is 0 Å². The second-order valence-corrected chi connectivity index (χ2v) is 7.21. The van der Waals surface area contributed by atoms with Gasteiger partial charge in [-0.25, -0.2) is 4.98 Å². The minimum Gasteiger partial charge on any atom is -0.496 e. The fraction of sp³-hybridized carbons (Fsp3) is 0.478. The van der Waals surface area contributed by atoms with E-state index in [-0.39, 0.29) is 30.0 Å². The summed E-state index contributed by atoms with van der Waals surface area (Å²) in [7, 11) is 3.52. The molecule has 1 saturated heterocycles. The van der Waals surface area contributed by atoms with Crippen LogP contribution in [0.2, 0.25) is 0 Å². The van der Waals surface area contributed by atoms with Gasteiger partial charge in [-0.3, -0.25) is 9.89 Å². The van der Waals surface area contributed by atoms with Gasteiger partial charge in [0.2, 0.25) is 5.88 Å². The molecule has 0 saturated carbocycles. The lowest BCUT2D eigenvalue weighted by Gasteiger charge is -2.30. The van der Waals surface area contributed by atoms with E-state index >= 15 is 0 Å². The van der Waals surface area contributed by atoms with Crippen LogP contribution in [0.25, 0.3) is 0 Å². The smallest absolute Gasteiger partial charge is 0.218 e. The zero-order valence-corrected chi connectivity index (χ0v) is 21.0. The number of hydrogen-bond acceptors (Lipinski definition) is 5. The monoisotopic (exact) mass is 539 g/mol. The van der Waals surface area contributed by atoms with Crippen LogP contribution in [0.5, 0.6) is 11.6 Å². The van der Waals surface area contributed by atoms with Gasteiger partial charge in [0.15, 0.2) is 5.96 Å². The molecule has 1 aromatic heterocycles. The molecular formula is C23H34IN5O2. The minimum atomic E-state index is 0. The Morgan fingerprint density at radius 3 is 2.65 bits per heavy atom. The normalized spacial score (nSPS) is 15.1. The summed E-state index contributed by atoms with van der Waals surface area (Å²) < 4.78 is 11.3. The summed E-state index contributed by atoms with van der Waals surface area (Å²) >= 11 is 0. The third kappa shape index (κ3) is 6.96. The van der Waals surface area contributed by atoms with E-state index in [1.165, 1.54) is 18.4 Å². The van der Waals surface area contributed by atoms with Gasteiger partial charge in [-0.1, -0.05) is 24.3 Å². The molecule has 8 heteroatoms. The molecule has 31 heavy (non-hydrogen) atoms. The average Bonchev–Trinajstić information content (AvgIpc) is 3.32. The number of methoxy groups -OCH3 is 1. The molecule has 1 aromatic carbocycles. The van der Waals surface area contributed by atoms with Crippen molar-refractivity contribution in [2.45, 2.75) is 32.4 Å². The Balaban J connectivity index is 0.00000341. The number of aliphatic imine (C=N–C) groups is 1. The van der Waals surface area contributed by atoms with Crippen molar-refractivity contribution in [3.63, 3.8) is 0 Å². The Morgan fingerprint density at radius 2 is 1.94 bits per heavy atom. The van der Waals surface area contributed by atoms with Crippen molar-refractivity contribution in [2.24, 2.45) is 4.99 Å². The third-order valence-electron chi connectivity index (χ3n) is 5.34. The maximum absolute atomic E-state index is 5.64. The first-order valence-electron chi connectivity index (χ1n) is 10.6. The number of aromatic nitrogens is 1. The van der Waals surface area contributed by atoms with Crippen molar-refractivity contribution in [3.05, 3.63) is 53.7 Å². The number of nitrogens with one attached hydrogen (secondary N) is 2. The SMILES string of the molecule is CCOc1ncccc1CNC(=NC)NCC(c1ccccc1OC)N1CCCC1.I. The fourth-order valence-electron chi connectivity index (χ4n) is 3.85. The van der Waals surface area contributed by atoms with E-state index in [4.69, 9.17) is 9.47 Å². The van der Waals surface area contributed by atoms with Crippen molar-refractivity contribution in [2.75, 3.05) is 40.4 Å². The number of nitrogens with zero attached hydrogens (tertiary/aromatic N) is 3. The summed E-state index contributed by atoms with van der Waals surface area (Å²) in [4.78, 5) is 11.2. The molecule has 1 fully saturated rings. The Morgan fingerprint density at radius 1 is 1.16 bits per heavy atom. The molecule has 1 unspecified atom stereocenters. The van der Waals surface area contributed by atoms with Crippen LogP contribution < -0.4 is 20.1 Å². The third-order valence-corrected chi connectivity index (χ3v) is 5.34. The summed E-state index contributed by atoms with van der Waals surface area (Å²) in [6.45, 7) is 6.08. The Bertz CT molecular complexity index is 827. The number of ether oxygens (including phenoxy) is 2. The van der Waals surface area contributed by atoms with Crippen LogP contribution in [0, 0.1) is 0 Å². The maximum Gasteiger partial charge on any atom is 0.218 e. The molecule has 2 heterocycles. The standard InChI is InChI=1S/C23H33N5O2.HI/c1-4-30-22-18(10-9-13-25-22)16-26-23(24-2)27-17-20(28-14-7-8-15-28)19-11-5-6-12-21(19)29-3;/h5-6,9-13,20H,4,7-8,14-17H2,1-3H3,(H2,24,26,27);1H. The van der Waals surface area contributed by atoms with Crippen LogP contribution >= 0.6 is 24.0 Å². The first-order chi connectivity index (χ1) is 14.8. The van der Waals surface area contributed by atoms with Gasteiger partial charge >= 0.3 is 0 Å². The van der Waals surface area contributed by atoms with Gasteiger partial charge in [-0.15, -0.1) is 24.0 Å². The van der Waals surface area contributed by atoms with Gasteiger partial charge < -0.3 is 20.1 Å². The average molecular weight is 539 g/mol. The zero-order chi connectivity index (χ0) is 21.2. The summed E-state index contributed by atoms with van der Waals surface area (Å²) in [5.74, 6) is 2.34. The molecule has 0 bridgehead atoms. The molecule has 3 rings (SSSR count). The first-order valence-corrected chi connectivity index (χ1v) is 10.6. The summed E-state index contributed by atoms with van der Waals surface area (Å²) in [6, 6.07) is 12.4. The maximum atomic E-state index is 5.64. The van der Waals surface area contributed by atoms with Crippen molar-refractivity contribution in [3.8, 4) is 11.6 Å². The number of para-hydroxylation sites is 1. The lowest BCUT2D eigenvalue weighted by atomic mass is 10.0. The number of halogens is 1. The highest BCUT2D eigenvalue weighted by Crippen LogP contribution is 2.31. The number of guanidine groups is 1. The van der Waals surface area contributed by atoms with Crippen LogP contribution in [-0.2, 0) is 6.54 Å². The number of likely N-dealkylation sites (tertiary alicyclic amines) is 1. The van der Waals surface area contributed by atoms with Gasteiger partial charge in [-0.05, 0) is 45.0 Å². The zero-order valence-electron chi connectivity index (χ0n) is 18.6. The van der Waals surface area contributed by atoms with E-state index in [2.05, 4.69) is 37.6 Å². The van der Waals surface area contributed by atoms with E-state index in [1.807, 2.05) is 31.2 Å². The fourth-order valence-corrected chi connectivity index (χ4v) is 3.85. The number of hydrogen-bond donors (Lipinski definition) is 2. The second kappa shape index (κ2) is 13.4. The summed E-state index contributed by atoms with van der Waals surface area (Å²) in [5.41, 5.74) is 2.21. The number of rotatable bonds is 9. The van der Waals surface area contributed by atoms with Crippen LogP contribution in [-0.4, -0.2) is 56.2 Å². The van der Waals surface area contributed by atoms with Crippen molar-refractivity contribution >= 4 is 29.9 Å². The first kappa shape index (κ1) is 25.2. The molecule has 0 aliphatic carbocycles. The minimum absolute atomic E-state index is 0. The van der Waals surface area contributed by atoms with Crippen LogP contribution in [0.1, 0.15) is 36.9 Å². The van der Waals surface area contributed by atoms with E-state index in [1.54, 1.807) is 20.4 Å². The second-order valence-electron chi connectivity index (χ2n) is 7.21. The molecule has 0 spiro atoms. The molecule has 1 aliphatic heterocycles. The molecule has 7 nitrogen and oxygen atoms in total. The molecule has 0 amide bonds. The van der Waals surface area contributed by atoms with Crippen LogP contribution in [0.3, 0.4) is 0 Å². The molecular weight excluding hydrogens is 505 g/mol. The highest BCUT2D eigenvalue weighted by atomic mass is 127. The molecule has 1 atom stereocenters. The molecule has 1 aliphatic rings. The quantitative estimate of drug-likeness (QED) is 0.288. The summed E-state index contributed by atoms with van der Waals surface area (Å²) in [5, 5.41) is 6.88. The largest absolute Gasteiger partial charge is 0.496 e. The number of benzene rings is 1. The predicted molar refractivity (Wildman–Crippen MR) is 136 cm³/mol. The lowest BCUT2D eigenvalue weighted by molar-refractivity contribution is 0.239. The molecule has 0 radical (unpaired) electrons. The molecule has 2 aromatic rings. The van der Waals surface area contributed by atoms with E-state index in [0.717, 1.165) is 36.9 Å². The Kier molecular flexibility index (Phi) is 10.9. The lowest BCUT2D eigenvalue weighted by Crippen LogP contribution is -2.42.